The molecule has 21 heavy (non-hydrogen) atoms. The van der Waals surface area contributed by atoms with Crippen LogP contribution in [0.2, 0.25) is 0 Å². The van der Waals surface area contributed by atoms with Gasteiger partial charge in [-0.25, -0.2) is 9.97 Å². The number of hydrogen-bond acceptors (Lipinski definition) is 5. The highest BCUT2D eigenvalue weighted by molar-refractivity contribution is 7.98. The Morgan fingerprint density at radius 2 is 1.90 bits per heavy atom. The number of ether oxygens (including phenoxy) is 1. The van der Waals surface area contributed by atoms with Gasteiger partial charge in [0.25, 0.3) is 5.91 Å². The van der Waals surface area contributed by atoms with Gasteiger partial charge in [-0.3, -0.25) is 4.79 Å². The Labute approximate surface area is 128 Å². The maximum atomic E-state index is 12.2. The molecule has 0 saturated heterocycles. The summed E-state index contributed by atoms with van der Waals surface area (Å²) in [6.07, 6.45) is 5.00. The maximum Gasteiger partial charge on any atom is 0.256 e. The molecule has 0 atom stereocenters. The fraction of sp³-hybridized carbons (Fsp3) is 0.267. The summed E-state index contributed by atoms with van der Waals surface area (Å²) in [4.78, 5) is 22.0. The van der Waals surface area contributed by atoms with E-state index in [2.05, 4.69) is 9.97 Å². The monoisotopic (exact) mass is 303 g/mol. The molecule has 0 fully saturated rings. The average molecular weight is 303 g/mol. The summed E-state index contributed by atoms with van der Waals surface area (Å²) in [5.74, 6) is 0.685. The van der Waals surface area contributed by atoms with Crippen LogP contribution in [0.5, 0.6) is 5.75 Å². The number of likely N-dealkylation sites (N-methyl/N-ethyl adjacent to an activating group) is 1. The van der Waals surface area contributed by atoms with Gasteiger partial charge in [0, 0.05) is 19.4 Å². The quantitative estimate of drug-likeness (QED) is 0.605. The molecule has 0 bridgehead atoms. The summed E-state index contributed by atoms with van der Waals surface area (Å²) in [5, 5.41) is 0.654. The third-order valence-electron chi connectivity index (χ3n) is 2.84. The van der Waals surface area contributed by atoms with Crippen LogP contribution in [-0.2, 0) is 0 Å². The van der Waals surface area contributed by atoms with E-state index in [1.165, 1.54) is 11.8 Å². The van der Waals surface area contributed by atoms with E-state index in [0.717, 1.165) is 5.75 Å². The molecule has 0 N–H and O–H groups in total. The van der Waals surface area contributed by atoms with Crippen molar-refractivity contribution < 1.29 is 9.53 Å². The van der Waals surface area contributed by atoms with Crippen molar-refractivity contribution >= 4 is 17.7 Å². The van der Waals surface area contributed by atoms with Crippen LogP contribution in [0.1, 0.15) is 10.4 Å². The standard InChI is InChI=1S/C15H17N3O2S/c1-18(8-9-20-13-6-4-3-5-7-13)14(19)12-10-16-15(21-2)17-11-12/h3-7,10-11H,8-9H2,1-2H3. The second kappa shape index (κ2) is 7.64. The largest absolute Gasteiger partial charge is 0.492 e. The molecule has 2 aromatic rings. The van der Waals surface area contributed by atoms with E-state index >= 15 is 0 Å². The number of thioether (sulfide) groups is 1. The van der Waals surface area contributed by atoms with Crippen molar-refractivity contribution in [3.05, 3.63) is 48.3 Å². The molecule has 2 rings (SSSR count). The van der Waals surface area contributed by atoms with E-state index in [1.54, 1.807) is 24.3 Å². The van der Waals surface area contributed by atoms with E-state index in [0.29, 0.717) is 23.9 Å². The van der Waals surface area contributed by atoms with Gasteiger partial charge in [0.1, 0.15) is 12.4 Å². The van der Waals surface area contributed by atoms with Gasteiger partial charge in [-0.05, 0) is 18.4 Å². The van der Waals surface area contributed by atoms with Gasteiger partial charge in [-0.15, -0.1) is 0 Å². The first-order valence-corrected chi connectivity index (χ1v) is 7.72. The Kier molecular flexibility index (Phi) is 5.57. The zero-order chi connectivity index (χ0) is 15.1. The van der Waals surface area contributed by atoms with Gasteiger partial charge in [0.15, 0.2) is 5.16 Å². The molecule has 1 aromatic heterocycles. The van der Waals surface area contributed by atoms with Crippen LogP contribution in [0.15, 0.2) is 47.9 Å². The summed E-state index contributed by atoms with van der Waals surface area (Å²) in [5.41, 5.74) is 0.481. The lowest BCUT2D eigenvalue weighted by Gasteiger charge is -2.17. The summed E-state index contributed by atoms with van der Waals surface area (Å²) < 4.78 is 5.57. The molecule has 0 unspecified atom stereocenters. The van der Waals surface area contributed by atoms with Gasteiger partial charge in [-0.2, -0.15) is 0 Å². The fourth-order valence-corrected chi connectivity index (χ4v) is 1.99. The van der Waals surface area contributed by atoms with Crippen LogP contribution in [0.3, 0.4) is 0 Å². The Balaban J connectivity index is 1.84. The van der Waals surface area contributed by atoms with Crippen molar-refractivity contribution in [1.82, 2.24) is 14.9 Å². The van der Waals surface area contributed by atoms with Gasteiger partial charge in [0.2, 0.25) is 0 Å². The second-order valence-electron chi connectivity index (χ2n) is 4.35. The van der Waals surface area contributed by atoms with E-state index in [9.17, 15) is 4.79 Å². The number of nitrogens with zero attached hydrogens (tertiary/aromatic N) is 3. The van der Waals surface area contributed by atoms with E-state index < -0.39 is 0 Å². The normalized spacial score (nSPS) is 10.2. The van der Waals surface area contributed by atoms with Gasteiger partial charge >= 0.3 is 0 Å². The zero-order valence-corrected chi connectivity index (χ0v) is 12.8. The minimum atomic E-state index is -0.112. The highest BCUT2D eigenvalue weighted by Crippen LogP contribution is 2.10. The first-order valence-electron chi connectivity index (χ1n) is 6.50. The SMILES string of the molecule is CSc1ncc(C(=O)N(C)CCOc2ccccc2)cn1. The van der Waals surface area contributed by atoms with Crippen LogP contribution in [0.4, 0.5) is 0 Å². The van der Waals surface area contributed by atoms with Crippen molar-refractivity contribution in [1.29, 1.82) is 0 Å². The van der Waals surface area contributed by atoms with Crippen molar-refractivity contribution in [3.8, 4) is 5.75 Å². The van der Waals surface area contributed by atoms with Crippen LogP contribution >= 0.6 is 11.8 Å². The van der Waals surface area contributed by atoms with Gasteiger partial charge in [-0.1, -0.05) is 30.0 Å². The number of amides is 1. The number of carbonyl (C=O) groups excluding carboxylic acids is 1. The highest BCUT2D eigenvalue weighted by atomic mass is 32.2. The maximum absolute atomic E-state index is 12.2. The Hall–Kier alpha value is -2.08. The first-order chi connectivity index (χ1) is 10.2. The third kappa shape index (κ3) is 4.46. The molecule has 0 spiro atoms. The summed E-state index contributed by atoms with van der Waals surface area (Å²) in [7, 11) is 1.74. The lowest BCUT2D eigenvalue weighted by Crippen LogP contribution is -2.31. The molecule has 0 aliphatic carbocycles. The van der Waals surface area contributed by atoms with Crippen molar-refractivity contribution in [2.24, 2.45) is 0 Å². The number of carbonyl (C=O) groups is 1. The topological polar surface area (TPSA) is 55.3 Å². The van der Waals surface area contributed by atoms with Crippen LogP contribution in [-0.4, -0.2) is 47.2 Å². The minimum absolute atomic E-state index is 0.112. The van der Waals surface area contributed by atoms with Crippen molar-refractivity contribution in [3.63, 3.8) is 0 Å². The number of aromatic nitrogens is 2. The summed E-state index contributed by atoms with van der Waals surface area (Å²) in [6.45, 7) is 0.939. The van der Waals surface area contributed by atoms with Crippen LogP contribution < -0.4 is 4.74 Å². The van der Waals surface area contributed by atoms with E-state index in [-0.39, 0.29) is 5.91 Å². The highest BCUT2D eigenvalue weighted by Gasteiger charge is 2.12. The number of para-hydroxylation sites is 1. The molecule has 110 valence electrons. The lowest BCUT2D eigenvalue weighted by molar-refractivity contribution is 0.0772. The van der Waals surface area contributed by atoms with Gasteiger partial charge in [0.05, 0.1) is 12.1 Å². The molecule has 0 aliphatic heterocycles. The molecule has 0 saturated carbocycles. The minimum Gasteiger partial charge on any atom is -0.492 e. The van der Waals surface area contributed by atoms with E-state index in [4.69, 9.17) is 4.74 Å². The van der Waals surface area contributed by atoms with E-state index in [1.807, 2.05) is 36.6 Å². The molecule has 6 heteroatoms. The lowest BCUT2D eigenvalue weighted by atomic mass is 10.3. The molecular weight excluding hydrogens is 286 g/mol. The summed E-state index contributed by atoms with van der Waals surface area (Å²) >= 11 is 1.44. The average Bonchev–Trinajstić information content (AvgIpc) is 2.55. The molecule has 1 amide bonds. The Morgan fingerprint density at radius 3 is 2.52 bits per heavy atom. The predicted octanol–water partition coefficient (Wildman–Crippen LogP) is 2.35. The zero-order valence-electron chi connectivity index (χ0n) is 12.0. The summed E-state index contributed by atoms with van der Waals surface area (Å²) in [6, 6.07) is 9.53. The second-order valence-corrected chi connectivity index (χ2v) is 5.12. The number of benzene rings is 1. The third-order valence-corrected chi connectivity index (χ3v) is 3.42. The molecule has 1 aromatic carbocycles. The molecular formula is C15H17N3O2S. The molecule has 0 aliphatic rings. The Bertz CT molecular complexity index is 575. The fourth-order valence-electron chi connectivity index (χ4n) is 1.67. The number of hydrogen-bond donors (Lipinski definition) is 0. The molecule has 0 radical (unpaired) electrons. The van der Waals surface area contributed by atoms with Crippen molar-refractivity contribution in [2.45, 2.75) is 5.16 Å². The van der Waals surface area contributed by atoms with Crippen LogP contribution in [0, 0.1) is 0 Å². The smallest absolute Gasteiger partial charge is 0.256 e. The van der Waals surface area contributed by atoms with Crippen molar-refractivity contribution in [2.75, 3.05) is 26.5 Å². The first kappa shape index (κ1) is 15.3. The Morgan fingerprint density at radius 1 is 1.24 bits per heavy atom. The van der Waals surface area contributed by atoms with Crippen LogP contribution in [0.25, 0.3) is 0 Å². The number of rotatable bonds is 6. The molecule has 5 nitrogen and oxygen atoms in total. The molecule has 1 heterocycles. The predicted molar refractivity (Wildman–Crippen MR) is 82.7 cm³/mol. The van der Waals surface area contributed by atoms with Gasteiger partial charge < -0.3 is 9.64 Å².